The molecule has 0 bridgehead atoms. The summed E-state index contributed by atoms with van der Waals surface area (Å²) in [5.74, 6) is -7.10. The highest BCUT2D eigenvalue weighted by atomic mass is 32.2. The van der Waals surface area contributed by atoms with Crippen LogP contribution in [0.3, 0.4) is 0 Å². The number of benzene rings is 2. The van der Waals surface area contributed by atoms with E-state index in [1.807, 2.05) is 16.4 Å². The van der Waals surface area contributed by atoms with Gasteiger partial charge in [-0.3, -0.25) is 10.0 Å². The lowest BCUT2D eigenvalue weighted by Crippen LogP contribution is -2.26. The number of halogens is 4. The van der Waals surface area contributed by atoms with E-state index in [2.05, 4.69) is 0 Å². The summed E-state index contributed by atoms with van der Waals surface area (Å²) in [6, 6.07) is 7.96. The molecule has 160 valence electrons. The van der Waals surface area contributed by atoms with Gasteiger partial charge in [0.1, 0.15) is 0 Å². The molecule has 2 aromatic carbocycles. The van der Waals surface area contributed by atoms with E-state index in [1.165, 1.54) is 17.6 Å². The Kier molecular flexibility index (Phi) is 7.52. The zero-order valence-electron chi connectivity index (χ0n) is 15.9. The van der Waals surface area contributed by atoms with Gasteiger partial charge in [-0.05, 0) is 48.1 Å². The first-order valence-electron chi connectivity index (χ1n) is 9.37. The van der Waals surface area contributed by atoms with Crippen molar-refractivity contribution in [3.05, 3.63) is 70.8 Å². The molecular weight excluding hydrogens is 420 g/mol. The van der Waals surface area contributed by atoms with E-state index in [4.69, 9.17) is 5.21 Å². The van der Waals surface area contributed by atoms with Gasteiger partial charge in [-0.25, -0.2) is 27.3 Å². The third-order valence-corrected chi connectivity index (χ3v) is 6.03. The summed E-state index contributed by atoms with van der Waals surface area (Å²) in [4.78, 5) is 10.8. The molecule has 0 aromatic heterocycles. The van der Waals surface area contributed by atoms with Crippen molar-refractivity contribution >= 4 is 23.9 Å². The van der Waals surface area contributed by atoms with Crippen molar-refractivity contribution < 1.29 is 27.6 Å². The van der Waals surface area contributed by atoms with Crippen molar-refractivity contribution in [1.82, 2.24) is 9.79 Å². The van der Waals surface area contributed by atoms with Crippen LogP contribution >= 0.6 is 11.9 Å². The van der Waals surface area contributed by atoms with Crippen LogP contribution < -0.4 is 5.48 Å². The summed E-state index contributed by atoms with van der Waals surface area (Å²) < 4.78 is 56.6. The lowest BCUT2D eigenvalue weighted by atomic mass is 10.1. The van der Waals surface area contributed by atoms with Gasteiger partial charge in [-0.1, -0.05) is 37.1 Å². The minimum Gasteiger partial charge on any atom is -0.288 e. The lowest BCUT2D eigenvalue weighted by Gasteiger charge is -2.28. The Hall–Kier alpha value is -2.36. The van der Waals surface area contributed by atoms with Gasteiger partial charge < -0.3 is 0 Å². The highest BCUT2D eigenvalue weighted by Crippen LogP contribution is 2.36. The Bertz CT molecular complexity index is 932. The Morgan fingerprint density at radius 3 is 2.40 bits per heavy atom. The molecule has 1 saturated carbocycles. The average molecular weight is 440 g/mol. The van der Waals surface area contributed by atoms with Crippen molar-refractivity contribution in [3.8, 4) is 0 Å². The van der Waals surface area contributed by atoms with E-state index >= 15 is 0 Å². The summed E-state index contributed by atoms with van der Waals surface area (Å²) in [6.07, 6.45) is 6.46. The number of hydrogen-bond acceptors (Lipinski definition) is 4. The quantitative estimate of drug-likeness (QED) is 0.118. The number of rotatable bonds is 7. The summed E-state index contributed by atoms with van der Waals surface area (Å²) in [5.41, 5.74) is 3.11. The maximum Gasteiger partial charge on any atom is 0.267 e. The number of hydrogen-bond donors (Lipinski definition) is 2. The molecular formula is C21H20F4N2O2S. The van der Waals surface area contributed by atoms with Crippen LogP contribution in [-0.4, -0.2) is 21.5 Å². The fourth-order valence-corrected chi connectivity index (χ4v) is 4.45. The van der Waals surface area contributed by atoms with Gasteiger partial charge in [-0.15, -0.1) is 0 Å². The smallest absolute Gasteiger partial charge is 0.267 e. The van der Waals surface area contributed by atoms with E-state index in [1.54, 1.807) is 12.1 Å². The predicted octanol–water partition coefficient (Wildman–Crippen LogP) is 5.21. The minimum atomic E-state index is -1.82. The van der Waals surface area contributed by atoms with E-state index in [0.29, 0.717) is 12.6 Å². The molecule has 0 radical (unpaired) electrons. The Morgan fingerprint density at radius 1 is 1.10 bits per heavy atom. The number of nitrogens with one attached hydrogen (secondary N) is 1. The van der Waals surface area contributed by atoms with Crippen molar-refractivity contribution in [2.75, 3.05) is 0 Å². The van der Waals surface area contributed by atoms with Gasteiger partial charge in [0.15, 0.2) is 23.3 Å². The Balaban J connectivity index is 1.78. The minimum absolute atomic E-state index is 0.0957. The zero-order chi connectivity index (χ0) is 21.7. The Morgan fingerprint density at radius 2 is 1.77 bits per heavy atom. The number of amides is 1. The molecule has 0 aliphatic heterocycles. The molecule has 4 nitrogen and oxygen atoms in total. The second kappa shape index (κ2) is 10.1. The van der Waals surface area contributed by atoms with Crippen LogP contribution in [-0.2, 0) is 11.3 Å². The first-order valence-corrected chi connectivity index (χ1v) is 10.1. The molecule has 0 saturated heterocycles. The van der Waals surface area contributed by atoms with Gasteiger partial charge in [0.05, 0.1) is 4.90 Å². The van der Waals surface area contributed by atoms with Crippen molar-refractivity contribution in [3.63, 3.8) is 0 Å². The van der Waals surface area contributed by atoms with Gasteiger partial charge >= 0.3 is 0 Å². The molecule has 1 fully saturated rings. The number of hydroxylamine groups is 1. The van der Waals surface area contributed by atoms with Crippen LogP contribution in [0.15, 0.2) is 41.3 Å². The van der Waals surface area contributed by atoms with Crippen LogP contribution in [0.25, 0.3) is 6.08 Å². The molecule has 3 rings (SSSR count). The first kappa shape index (κ1) is 22.3. The van der Waals surface area contributed by atoms with Gasteiger partial charge in [0.2, 0.25) is 0 Å². The molecule has 1 aliphatic rings. The zero-order valence-corrected chi connectivity index (χ0v) is 16.7. The molecule has 30 heavy (non-hydrogen) atoms. The molecule has 2 aromatic rings. The Labute approximate surface area is 175 Å². The van der Waals surface area contributed by atoms with Gasteiger partial charge in [-0.2, -0.15) is 0 Å². The maximum absolute atomic E-state index is 14.2. The highest BCUT2D eigenvalue weighted by Gasteiger charge is 2.27. The van der Waals surface area contributed by atoms with Crippen LogP contribution in [0.5, 0.6) is 0 Å². The molecule has 0 heterocycles. The molecule has 9 heteroatoms. The van der Waals surface area contributed by atoms with E-state index < -0.39 is 29.2 Å². The summed E-state index contributed by atoms with van der Waals surface area (Å²) in [5, 5.41) is 8.50. The lowest BCUT2D eigenvalue weighted by molar-refractivity contribution is -0.124. The second-order valence-electron chi connectivity index (χ2n) is 6.95. The SMILES string of the molecule is O=C(/C=C/c1ccc(CN(Sc2cc(F)c(F)c(F)c2F)C2CCCC2)cc1)NO. The van der Waals surface area contributed by atoms with Gasteiger partial charge in [0, 0.05) is 18.7 Å². The monoisotopic (exact) mass is 440 g/mol. The predicted molar refractivity (Wildman–Crippen MR) is 105 cm³/mol. The fraction of sp³-hybridized carbons (Fsp3) is 0.286. The fourth-order valence-electron chi connectivity index (χ4n) is 3.30. The summed E-state index contributed by atoms with van der Waals surface area (Å²) in [6.45, 7) is 0.385. The van der Waals surface area contributed by atoms with Crippen LogP contribution in [0.1, 0.15) is 36.8 Å². The average Bonchev–Trinajstić information content (AvgIpc) is 3.29. The number of carbonyl (C=O) groups excluding carboxylic acids is 1. The molecule has 2 N–H and O–H groups in total. The van der Waals surface area contributed by atoms with Crippen LogP contribution in [0.4, 0.5) is 17.6 Å². The molecule has 0 spiro atoms. The second-order valence-corrected chi connectivity index (χ2v) is 8.05. The largest absolute Gasteiger partial charge is 0.288 e. The first-order chi connectivity index (χ1) is 14.4. The molecule has 0 atom stereocenters. The maximum atomic E-state index is 14.2. The van der Waals surface area contributed by atoms with Gasteiger partial charge in [0.25, 0.3) is 5.91 Å². The summed E-state index contributed by atoms with van der Waals surface area (Å²) in [7, 11) is 0. The summed E-state index contributed by atoms with van der Waals surface area (Å²) >= 11 is 0.883. The third-order valence-electron chi connectivity index (χ3n) is 4.87. The van der Waals surface area contributed by atoms with Crippen LogP contribution in [0, 0.1) is 23.3 Å². The molecule has 0 unspecified atom stereocenters. The highest BCUT2D eigenvalue weighted by molar-refractivity contribution is 7.97. The normalized spacial score (nSPS) is 14.7. The number of carbonyl (C=O) groups is 1. The van der Waals surface area contributed by atoms with Crippen LogP contribution in [0.2, 0.25) is 0 Å². The third kappa shape index (κ3) is 5.41. The van der Waals surface area contributed by atoms with Crippen molar-refractivity contribution in [1.29, 1.82) is 0 Å². The number of nitrogens with zero attached hydrogens (tertiary/aromatic N) is 1. The van der Waals surface area contributed by atoms with E-state index in [-0.39, 0.29) is 10.9 Å². The molecule has 1 aliphatic carbocycles. The molecule has 1 amide bonds. The van der Waals surface area contributed by atoms with E-state index in [9.17, 15) is 22.4 Å². The topological polar surface area (TPSA) is 52.6 Å². The van der Waals surface area contributed by atoms with E-state index in [0.717, 1.165) is 48.8 Å². The van der Waals surface area contributed by atoms with Crippen molar-refractivity contribution in [2.45, 2.75) is 43.2 Å². The van der Waals surface area contributed by atoms with Crippen molar-refractivity contribution in [2.24, 2.45) is 0 Å². The standard InChI is InChI=1S/C21H20F4N2O2S/c22-16-11-17(20(24)21(25)19(16)23)30-27(15-3-1-2-4-15)12-14-7-5-13(6-8-14)9-10-18(28)26-29/h5-11,15,29H,1-4,12H2,(H,26,28)/b10-9+.